The molecule has 1 saturated heterocycles. The van der Waals surface area contributed by atoms with Gasteiger partial charge in [0.05, 0.1) is 24.4 Å². The third-order valence-corrected chi connectivity index (χ3v) is 5.91. The van der Waals surface area contributed by atoms with Crippen molar-refractivity contribution in [2.45, 2.75) is 112 Å². The summed E-state index contributed by atoms with van der Waals surface area (Å²) in [4.78, 5) is 49.1. The normalized spacial score (nSPS) is 18.1. The summed E-state index contributed by atoms with van der Waals surface area (Å²) in [6, 6.07) is 4.40. The van der Waals surface area contributed by atoms with Crippen molar-refractivity contribution in [3.63, 3.8) is 0 Å². The summed E-state index contributed by atoms with van der Waals surface area (Å²) < 4.78 is 16.8. The van der Waals surface area contributed by atoms with Gasteiger partial charge < -0.3 is 46.3 Å². The molecule has 0 bridgehead atoms. The molecule has 1 aromatic rings. The highest BCUT2D eigenvalue weighted by Crippen LogP contribution is 2.30. The fourth-order valence-corrected chi connectivity index (χ4v) is 4.00. The van der Waals surface area contributed by atoms with Crippen molar-refractivity contribution >= 4 is 29.4 Å². The molecule has 0 radical (unpaired) electrons. The molecule has 13 heteroatoms. The molecule has 4 unspecified atom stereocenters. The van der Waals surface area contributed by atoms with Crippen LogP contribution in [0, 0.1) is 5.92 Å². The summed E-state index contributed by atoms with van der Waals surface area (Å²) in [5, 5.41) is 21.5. The van der Waals surface area contributed by atoms with Gasteiger partial charge in [0.25, 0.3) is 0 Å². The molecule has 2 rings (SSSR count). The summed E-state index contributed by atoms with van der Waals surface area (Å²) in [5.74, 6) is -1.49. The van der Waals surface area contributed by atoms with Gasteiger partial charge in [0, 0.05) is 38.9 Å². The molecule has 1 aliphatic heterocycles. The Labute approximate surface area is 262 Å². The minimum Gasteiger partial charge on any atom is -0.463 e. The van der Waals surface area contributed by atoms with Crippen molar-refractivity contribution in [2.75, 3.05) is 25.0 Å². The fraction of sp³-hybridized carbons (Fsp3) is 0.677. The predicted octanol–water partition coefficient (Wildman–Crippen LogP) is 2.20. The van der Waals surface area contributed by atoms with Gasteiger partial charge in [-0.1, -0.05) is 61.5 Å². The zero-order chi connectivity index (χ0) is 33.8. The molecule has 252 valence electrons. The van der Waals surface area contributed by atoms with Crippen LogP contribution < -0.4 is 31.7 Å². The number of carbonyl (C=O) groups is 4. The standard InChI is InChI=1S/C27H43N5O8.2C2H6/c1-15(2)25(31-16(3)4)27(37)30-13-23(35)32-20-7-6-18(14-38-17(5)33)10-21(20)39-24-12-19(34)11-22(40-24)26(36)29-9-8-28;2*1-2/h6-7,10,15-16,19,22,24-25,31,34H,8-9,11-14,28H2,1-5H3,(H,29,36)(H,30,37)(H,32,35);2*1-2H3. The Morgan fingerprint density at radius 1 is 1.05 bits per heavy atom. The number of anilines is 1. The van der Waals surface area contributed by atoms with Gasteiger partial charge in [-0.3, -0.25) is 19.2 Å². The molecule has 1 aromatic carbocycles. The lowest BCUT2D eigenvalue weighted by atomic mass is 10.0. The molecule has 13 nitrogen and oxygen atoms in total. The van der Waals surface area contributed by atoms with E-state index in [1.807, 2.05) is 55.4 Å². The molecule has 1 heterocycles. The van der Waals surface area contributed by atoms with Crippen molar-refractivity contribution in [3.8, 4) is 5.75 Å². The molecular formula is C31H55N5O8. The van der Waals surface area contributed by atoms with Crippen LogP contribution >= 0.6 is 0 Å². The van der Waals surface area contributed by atoms with Gasteiger partial charge in [-0.2, -0.15) is 0 Å². The minimum absolute atomic E-state index is 0.0160. The molecule has 0 aromatic heterocycles. The molecule has 3 amide bonds. The van der Waals surface area contributed by atoms with E-state index in [-0.39, 0.29) is 68.4 Å². The number of esters is 1. The zero-order valence-electron chi connectivity index (χ0n) is 27.8. The number of aliphatic hydroxyl groups is 1. The Morgan fingerprint density at radius 2 is 1.70 bits per heavy atom. The second-order valence-electron chi connectivity index (χ2n) is 10.3. The first-order chi connectivity index (χ1) is 20.9. The molecule has 44 heavy (non-hydrogen) atoms. The number of aliphatic hydroxyl groups excluding tert-OH is 1. The van der Waals surface area contributed by atoms with Gasteiger partial charge in [-0.25, -0.2) is 0 Å². The lowest BCUT2D eigenvalue weighted by Gasteiger charge is -2.32. The van der Waals surface area contributed by atoms with Crippen LogP contribution in [-0.2, 0) is 35.3 Å². The number of benzene rings is 1. The number of nitrogens with two attached hydrogens (primary N) is 1. The predicted molar refractivity (Wildman–Crippen MR) is 170 cm³/mol. The first-order valence-electron chi connectivity index (χ1n) is 15.5. The summed E-state index contributed by atoms with van der Waals surface area (Å²) in [6.45, 7) is 17.2. The molecule has 4 atom stereocenters. The summed E-state index contributed by atoms with van der Waals surface area (Å²) >= 11 is 0. The number of rotatable bonds is 14. The minimum atomic E-state index is -1.01. The van der Waals surface area contributed by atoms with Crippen LogP contribution in [0.1, 0.15) is 80.7 Å². The van der Waals surface area contributed by atoms with Crippen LogP contribution in [0.5, 0.6) is 5.75 Å². The number of hydrogen-bond donors (Lipinski definition) is 6. The summed E-state index contributed by atoms with van der Waals surface area (Å²) in [6.07, 6.45) is -2.65. The highest BCUT2D eigenvalue weighted by Gasteiger charge is 2.34. The summed E-state index contributed by atoms with van der Waals surface area (Å²) in [5.41, 5.74) is 6.28. The average Bonchev–Trinajstić information content (AvgIpc) is 2.99. The Bertz CT molecular complexity index is 1020. The smallest absolute Gasteiger partial charge is 0.302 e. The maximum Gasteiger partial charge on any atom is 0.302 e. The largest absolute Gasteiger partial charge is 0.463 e. The molecule has 0 spiro atoms. The molecule has 1 aliphatic rings. The van der Waals surface area contributed by atoms with Crippen molar-refractivity contribution in [3.05, 3.63) is 23.8 Å². The van der Waals surface area contributed by atoms with Gasteiger partial charge in [0.1, 0.15) is 18.5 Å². The zero-order valence-corrected chi connectivity index (χ0v) is 27.8. The number of nitrogens with one attached hydrogen (secondary N) is 4. The van der Waals surface area contributed by atoms with Gasteiger partial charge in [0.15, 0.2) is 0 Å². The van der Waals surface area contributed by atoms with Gasteiger partial charge in [0.2, 0.25) is 24.0 Å². The van der Waals surface area contributed by atoms with Crippen molar-refractivity contribution in [2.24, 2.45) is 11.7 Å². The Balaban J connectivity index is 0.00000443. The van der Waals surface area contributed by atoms with Gasteiger partial charge >= 0.3 is 5.97 Å². The van der Waals surface area contributed by atoms with E-state index in [9.17, 15) is 24.3 Å². The number of ether oxygens (including phenoxy) is 3. The monoisotopic (exact) mass is 625 g/mol. The highest BCUT2D eigenvalue weighted by atomic mass is 16.7. The SMILES string of the molecule is CC.CC.CC(=O)OCc1ccc(NC(=O)CNC(=O)C(NC(C)C)C(C)C)c(OC2CC(O)CC(C(=O)NCCN)O2)c1. The van der Waals surface area contributed by atoms with Gasteiger partial charge in [-0.05, 0) is 23.6 Å². The molecular weight excluding hydrogens is 570 g/mol. The van der Waals surface area contributed by atoms with Crippen molar-refractivity contribution in [1.82, 2.24) is 16.0 Å². The van der Waals surface area contributed by atoms with E-state index in [4.69, 9.17) is 19.9 Å². The van der Waals surface area contributed by atoms with E-state index in [0.29, 0.717) is 5.56 Å². The first-order valence-corrected chi connectivity index (χ1v) is 15.5. The fourth-order valence-electron chi connectivity index (χ4n) is 4.00. The maximum atomic E-state index is 12.8. The highest BCUT2D eigenvalue weighted by molar-refractivity contribution is 5.96. The van der Waals surface area contributed by atoms with E-state index in [2.05, 4.69) is 21.3 Å². The summed E-state index contributed by atoms with van der Waals surface area (Å²) in [7, 11) is 0. The lowest BCUT2D eigenvalue weighted by Crippen LogP contribution is -2.51. The quantitative estimate of drug-likeness (QED) is 0.167. The Kier molecular flexibility index (Phi) is 20.6. The Morgan fingerprint density at radius 3 is 2.27 bits per heavy atom. The third-order valence-electron chi connectivity index (χ3n) is 5.91. The molecule has 1 fully saturated rings. The van der Waals surface area contributed by atoms with Gasteiger partial charge in [-0.15, -0.1) is 0 Å². The second-order valence-corrected chi connectivity index (χ2v) is 10.3. The van der Waals surface area contributed by atoms with E-state index >= 15 is 0 Å². The van der Waals surface area contributed by atoms with Crippen LogP contribution in [0.15, 0.2) is 18.2 Å². The van der Waals surface area contributed by atoms with E-state index in [1.54, 1.807) is 18.2 Å². The van der Waals surface area contributed by atoms with Crippen LogP contribution in [0.3, 0.4) is 0 Å². The number of hydrogen-bond acceptors (Lipinski definition) is 10. The van der Waals surface area contributed by atoms with Crippen LogP contribution in [-0.4, -0.2) is 79.0 Å². The van der Waals surface area contributed by atoms with Crippen LogP contribution in [0.25, 0.3) is 0 Å². The lowest BCUT2D eigenvalue weighted by molar-refractivity contribution is -0.184. The molecule has 7 N–H and O–H groups in total. The number of carbonyl (C=O) groups excluding carboxylic acids is 4. The van der Waals surface area contributed by atoms with Crippen LogP contribution in [0.4, 0.5) is 5.69 Å². The Hall–Kier alpha value is -3.26. The van der Waals surface area contributed by atoms with Crippen molar-refractivity contribution < 1.29 is 38.5 Å². The van der Waals surface area contributed by atoms with Crippen molar-refractivity contribution in [1.29, 1.82) is 0 Å². The molecule has 0 aliphatic carbocycles. The maximum absolute atomic E-state index is 12.8. The van der Waals surface area contributed by atoms with E-state index in [1.165, 1.54) is 6.92 Å². The van der Waals surface area contributed by atoms with E-state index in [0.717, 1.165) is 0 Å². The second kappa shape index (κ2) is 22.3. The molecule has 0 saturated carbocycles. The number of amides is 3. The third kappa shape index (κ3) is 15.5. The first kappa shape index (κ1) is 40.7. The van der Waals surface area contributed by atoms with E-state index < -0.39 is 42.3 Å². The average molecular weight is 626 g/mol. The topological polar surface area (TPSA) is 190 Å². The van der Waals surface area contributed by atoms with Crippen LogP contribution in [0.2, 0.25) is 0 Å².